The Hall–Kier alpha value is -2.60. The van der Waals surface area contributed by atoms with Crippen molar-refractivity contribution in [2.24, 2.45) is 5.92 Å². The van der Waals surface area contributed by atoms with Gasteiger partial charge < -0.3 is 0 Å². The zero-order valence-corrected chi connectivity index (χ0v) is 24.8. The van der Waals surface area contributed by atoms with Gasteiger partial charge in [0.05, 0.1) is 0 Å². The van der Waals surface area contributed by atoms with Gasteiger partial charge in [0.1, 0.15) is 0 Å². The van der Waals surface area contributed by atoms with E-state index >= 15 is 0 Å². The summed E-state index contributed by atoms with van der Waals surface area (Å²) < 4.78 is 0. The van der Waals surface area contributed by atoms with E-state index in [0.29, 0.717) is 0 Å². The van der Waals surface area contributed by atoms with Crippen molar-refractivity contribution in [3.63, 3.8) is 0 Å². The van der Waals surface area contributed by atoms with E-state index in [1.54, 1.807) is 0 Å². The SMILES string of the molecule is CC.CC.CC.CC.CC.CC(C)C.c1ccc2ccccc2c1.c1ccc2ccccc2c1. The van der Waals surface area contributed by atoms with Crippen molar-refractivity contribution in [3.8, 4) is 0 Å². The second-order valence-corrected chi connectivity index (χ2v) is 6.43. The fourth-order valence-corrected chi connectivity index (χ4v) is 2.27. The molecule has 0 aromatic heterocycles. The van der Waals surface area contributed by atoms with E-state index in [0.717, 1.165) is 5.92 Å². The molecule has 0 aliphatic rings. The highest BCUT2D eigenvalue weighted by atomic mass is 13.9. The standard InChI is InChI=1S/2C10H8.C4H10.5C2H6/c2*1-2-6-10-8-4-3-7-9(10)5-1;1-4(2)3;5*1-2/h2*1-8H;4H,1-3H3;5*1-2H3. The molecule has 0 aliphatic heterocycles. The highest BCUT2D eigenvalue weighted by molar-refractivity contribution is 5.82. The molecule has 4 aromatic rings. The molecule has 0 unspecified atom stereocenters. The van der Waals surface area contributed by atoms with Crippen LogP contribution in [-0.4, -0.2) is 0 Å². The van der Waals surface area contributed by atoms with Crippen molar-refractivity contribution in [2.45, 2.75) is 90.0 Å². The van der Waals surface area contributed by atoms with Crippen molar-refractivity contribution in [1.82, 2.24) is 0 Å². The molecule has 0 fully saturated rings. The van der Waals surface area contributed by atoms with Gasteiger partial charge in [0.15, 0.2) is 0 Å². The van der Waals surface area contributed by atoms with Crippen LogP contribution < -0.4 is 0 Å². The Bertz CT molecular complexity index is 654. The average molecular weight is 465 g/mol. The fraction of sp³-hybridized carbons (Fsp3) is 0.412. The van der Waals surface area contributed by atoms with Gasteiger partial charge in [-0.3, -0.25) is 0 Å². The lowest BCUT2D eigenvalue weighted by molar-refractivity contribution is 0.737. The molecule has 0 amide bonds. The predicted octanol–water partition coefficient (Wildman–Crippen LogP) is 12.5. The molecule has 0 heteroatoms. The maximum atomic E-state index is 2.17. The van der Waals surface area contributed by atoms with Crippen molar-refractivity contribution < 1.29 is 0 Å². The Morgan fingerprint density at radius 3 is 0.471 bits per heavy atom. The number of hydrogen-bond donors (Lipinski definition) is 0. The Labute approximate surface area is 214 Å². The predicted molar refractivity (Wildman–Crippen MR) is 165 cm³/mol. The summed E-state index contributed by atoms with van der Waals surface area (Å²) in [6.45, 7) is 26.5. The summed E-state index contributed by atoms with van der Waals surface area (Å²) >= 11 is 0. The van der Waals surface area contributed by atoms with Gasteiger partial charge >= 0.3 is 0 Å². The largest absolute Gasteiger partial charge is 0.0683 e. The van der Waals surface area contributed by atoms with E-state index in [9.17, 15) is 0 Å². The van der Waals surface area contributed by atoms with Crippen LogP contribution in [0.1, 0.15) is 90.0 Å². The van der Waals surface area contributed by atoms with Gasteiger partial charge in [-0.2, -0.15) is 0 Å². The van der Waals surface area contributed by atoms with Crippen molar-refractivity contribution >= 4 is 21.5 Å². The Morgan fingerprint density at radius 2 is 0.382 bits per heavy atom. The summed E-state index contributed by atoms with van der Waals surface area (Å²) in [6, 6.07) is 33.4. The first-order chi connectivity index (χ1) is 16.7. The molecule has 0 nitrogen and oxygen atoms in total. The summed E-state index contributed by atoms with van der Waals surface area (Å²) in [5, 5.41) is 5.24. The number of benzene rings is 4. The van der Waals surface area contributed by atoms with Gasteiger partial charge in [-0.05, 0) is 27.5 Å². The van der Waals surface area contributed by atoms with Crippen LogP contribution in [0.3, 0.4) is 0 Å². The van der Waals surface area contributed by atoms with Crippen LogP contribution in [0.25, 0.3) is 21.5 Å². The minimum absolute atomic E-state index is 0.833. The van der Waals surface area contributed by atoms with Gasteiger partial charge in [0, 0.05) is 0 Å². The second kappa shape index (κ2) is 32.6. The molecule has 0 N–H and O–H groups in total. The first kappa shape index (κ1) is 38.7. The van der Waals surface area contributed by atoms with E-state index in [1.807, 2.05) is 69.2 Å². The molecule has 4 aromatic carbocycles. The van der Waals surface area contributed by atoms with Crippen LogP contribution in [0.2, 0.25) is 0 Å². The molecule has 0 aliphatic carbocycles. The summed E-state index contributed by atoms with van der Waals surface area (Å²) in [7, 11) is 0. The molecule has 0 heterocycles. The van der Waals surface area contributed by atoms with E-state index in [-0.39, 0.29) is 0 Å². The quantitative estimate of drug-likeness (QED) is 0.243. The minimum atomic E-state index is 0.833. The average Bonchev–Trinajstić information content (AvgIpc) is 2.94. The lowest BCUT2D eigenvalue weighted by atomic mass is 10.1. The molecule has 34 heavy (non-hydrogen) atoms. The maximum absolute atomic E-state index is 2.17. The second-order valence-electron chi connectivity index (χ2n) is 6.43. The molecule has 0 bridgehead atoms. The van der Waals surface area contributed by atoms with E-state index < -0.39 is 0 Å². The third kappa shape index (κ3) is 21.3. The van der Waals surface area contributed by atoms with Crippen molar-refractivity contribution in [1.29, 1.82) is 0 Å². The van der Waals surface area contributed by atoms with Gasteiger partial charge in [0.2, 0.25) is 0 Å². The molecule has 0 saturated carbocycles. The van der Waals surface area contributed by atoms with Crippen LogP contribution in [0.4, 0.5) is 0 Å². The lowest BCUT2D eigenvalue weighted by Crippen LogP contribution is -1.67. The Balaban J connectivity index is -0.000000176. The Kier molecular flexibility index (Phi) is 37.0. The smallest absolute Gasteiger partial charge is 0.0184 e. The normalized spacial score (nSPS) is 7.82. The summed E-state index contributed by atoms with van der Waals surface area (Å²) in [4.78, 5) is 0. The van der Waals surface area contributed by atoms with Crippen LogP contribution in [0.15, 0.2) is 97.1 Å². The van der Waals surface area contributed by atoms with E-state index in [1.165, 1.54) is 21.5 Å². The molecular formula is C34H56. The molecule has 4 rings (SSSR count). The van der Waals surface area contributed by atoms with Gasteiger partial charge in [-0.15, -0.1) is 0 Å². The summed E-state index contributed by atoms with van der Waals surface area (Å²) in [5.74, 6) is 0.833. The minimum Gasteiger partial charge on any atom is -0.0683 e. The zero-order chi connectivity index (χ0) is 27.2. The van der Waals surface area contributed by atoms with Crippen LogP contribution >= 0.6 is 0 Å². The van der Waals surface area contributed by atoms with Gasteiger partial charge in [-0.1, -0.05) is 187 Å². The molecule has 0 saturated heterocycles. The first-order valence-electron chi connectivity index (χ1n) is 13.5. The molecular weight excluding hydrogens is 408 g/mol. The fourth-order valence-electron chi connectivity index (χ4n) is 2.27. The molecule has 192 valence electrons. The summed E-state index contributed by atoms with van der Waals surface area (Å²) in [6.07, 6.45) is 0. The van der Waals surface area contributed by atoms with Crippen molar-refractivity contribution in [3.05, 3.63) is 97.1 Å². The van der Waals surface area contributed by atoms with Gasteiger partial charge in [-0.25, -0.2) is 0 Å². The van der Waals surface area contributed by atoms with Crippen LogP contribution in [0, 0.1) is 5.92 Å². The number of rotatable bonds is 0. The van der Waals surface area contributed by atoms with Crippen molar-refractivity contribution in [2.75, 3.05) is 0 Å². The Morgan fingerprint density at radius 1 is 0.294 bits per heavy atom. The third-order valence-corrected chi connectivity index (χ3v) is 3.32. The molecule has 0 atom stereocenters. The van der Waals surface area contributed by atoms with Gasteiger partial charge in [0.25, 0.3) is 0 Å². The highest BCUT2D eigenvalue weighted by Gasteiger charge is 1.86. The molecule has 0 spiro atoms. The lowest BCUT2D eigenvalue weighted by Gasteiger charge is -1.92. The third-order valence-electron chi connectivity index (χ3n) is 3.32. The monoisotopic (exact) mass is 464 g/mol. The zero-order valence-electron chi connectivity index (χ0n) is 24.8. The number of hydrogen-bond acceptors (Lipinski definition) is 0. The van der Waals surface area contributed by atoms with E-state index in [2.05, 4.69) is 118 Å². The molecule has 0 radical (unpaired) electrons. The number of fused-ring (bicyclic) bond motifs is 2. The van der Waals surface area contributed by atoms with E-state index in [4.69, 9.17) is 0 Å². The highest BCUT2D eigenvalue weighted by Crippen LogP contribution is 2.12. The summed E-state index contributed by atoms with van der Waals surface area (Å²) in [5.41, 5.74) is 0. The van der Waals surface area contributed by atoms with Crippen LogP contribution in [0.5, 0.6) is 0 Å². The maximum Gasteiger partial charge on any atom is -0.0184 e. The van der Waals surface area contributed by atoms with Crippen LogP contribution in [-0.2, 0) is 0 Å². The first-order valence-corrected chi connectivity index (χ1v) is 13.5. The topological polar surface area (TPSA) is 0 Å².